The predicted molar refractivity (Wildman–Crippen MR) is 137 cm³/mol. The first-order valence-corrected chi connectivity index (χ1v) is 12.4. The summed E-state index contributed by atoms with van der Waals surface area (Å²) in [7, 11) is 3.79. The molecule has 0 saturated carbocycles. The van der Waals surface area contributed by atoms with E-state index in [1.54, 1.807) is 24.3 Å². The van der Waals surface area contributed by atoms with Gasteiger partial charge in [-0.3, -0.25) is 19.3 Å². The Balaban J connectivity index is 1.58. The van der Waals surface area contributed by atoms with E-state index in [1.165, 1.54) is 4.90 Å². The van der Waals surface area contributed by atoms with Crippen molar-refractivity contribution in [3.05, 3.63) is 65.2 Å². The number of carbonyl (C=O) groups is 3. The Kier molecular flexibility index (Phi) is 7.47. The quantitative estimate of drug-likeness (QED) is 0.551. The number of anilines is 1. The van der Waals surface area contributed by atoms with Gasteiger partial charge in [-0.15, -0.1) is 0 Å². The molecule has 186 valence electrons. The van der Waals surface area contributed by atoms with E-state index >= 15 is 0 Å². The largest absolute Gasteiger partial charge is 0.368 e. The molecule has 0 bridgehead atoms. The van der Waals surface area contributed by atoms with Gasteiger partial charge in [-0.05, 0) is 44.8 Å². The Hall–Kier alpha value is -2.90. The monoisotopic (exact) mass is 496 g/mol. The van der Waals surface area contributed by atoms with Crippen molar-refractivity contribution < 1.29 is 14.4 Å². The number of halogens is 1. The number of amides is 3. The average molecular weight is 497 g/mol. The molecule has 4 rings (SSSR count). The number of para-hydroxylation sites is 1. The third kappa shape index (κ3) is 5.07. The normalized spacial score (nSPS) is 22.9. The number of nitrogens with zero attached hydrogens (tertiary/aromatic N) is 4. The summed E-state index contributed by atoms with van der Waals surface area (Å²) in [6, 6.07) is 17.2. The lowest BCUT2D eigenvalue weighted by atomic mass is 9.75. The van der Waals surface area contributed by atoms with Crippen LogP contribution in [-0.2, 0) is 19.8 Å². The zero-order chi connectivity index (χ0) is 25.2. The summed E-state index contributed by atoms with van der Waals surface area (Å²) in [6.07, 6.45) is -0.122. The summed E-state index contributed by atoms with van der Waals surface area (Å²) in [6.45, 7) is 4.84. The molecule has 2 saturated heterocycles. The maximum Gasteiger partial charge on any atom is 0.240 e. The molecule has 0 spiro atoms. The Bertz CT molecular complexity index is 1090. The number of rotatable bonds is 7. The highest BCUT2D eigenvalue weighted by Gasteiger charge is 2.55. The van der Waals surface area contributed by atoms with Crippen molar-refractivity contribution in [1.29, 1.82) is 0 Å². The minimum absolute atomic E-state index is 0.0307. The second-order valence-corrected chi connectivity index (χ2v) is 10.2. The van der Waals surface area contributed by atoms with Crippen LogP contribution in [0.5, 0.6) is 0 Å². The zero-order valence-corrected chi connectivity index (χ0v) is 21.4. The second-order valence-electron chi connectivity index (χ2n) is 9.79. The van der Waals surface area contributed by atoms with Crippen molar-refractivity contribution in [2.45, 2.75) is 31.2 Å². The number of likely N-dealkylation sites (N-methyl/N-ethyl adjacent to an activating group) is 1. The fourth-order valence-electron chi connectivity index (χ4n) is 5.18. The summed E-state index contributed by atoms with van der Waals surface area (Å²) >= 11 is 6.55. The first-order valence-electron chi connectivity index (χ1n) is 12.1. The van der Waals surface area contributed by atoms with Gasteiger partial charge in [-0.1, -0.05) is 48.0 Å². The number of carbonyl (C=O) groups excluding carboxylic acids is 3. The lowest BCUT2D eigenvalue weighted by Gasteiger charge is -2.42. The van der Waals surface area contributed by atoms with Gasteiger partial charge in [0, 0.05) is 62.3 Å². The molecule has 2 aromatic rings. The van der Waals surface area contributed by atoms with Crippen molar-refractivity contribution in [2.75, 3.05) is 51.7 Å². The van der Waals surface area contributed by atoms with Crippen LogP contribution < -0.4 is 4.90 Å². The molecule has 8 heteroatoms. The van der Waals surface area contributed by atoms with Gasteiger partial charge in [-0.25, -0.2) is 0 Å². The van der Waals surface area contributed by atoms with E-state index in [0.717, 1.165) is 5.69 Å². The standard InChI is InChI=1S/C27H33ClN4O3/c1-20-19-30(21-9-5-4-6-10-21)14-16-31(20)24(33)17-27(22-11-7-8-12-23(22)28)18-25(34)32(26(27)35)15-13-29(2)3/h4-12,20H,13-19H2,1-3H3/t20-,27+/m1/s1. The van der Waals surface area contributed by atoms with Crippen LogP contribution in [0.15, 0.2) is 54.6 Å². The highest BCUT2D eigenvalue weighted by molar-refractivity contribution is 6.32. The SMILES string of the molecule is C[C@@H]1CN(c2ccccc2)CCN1C(=O)C[C@@]1(c2ccccc2Cl)CC(=O)N(CCN(C)C)C1=O. The maximum absolute atomic E-state index is 13.8. The van der Waals surface area contributed by atoms with Crippen molar-refractivity contribution in [3.63, 3.8) is 0 Å². The van der Waals surface area contributed by atoms with Crippen LogP contribution in [0.2, 0.25) is 5.02 Å². The number of benzene rings is 2. The van der Waals surface area contributed by atoms with E-state index in [2.05, 4.69) is 17.0 Å². The third-order valence-corrected chi connectivity index (χ3v) is 7.42. The molecule has 0 aliphatic carbocycles. The molecule has 0 radical (unpaired) electrons. The molecular weight excluding hydrogens is 464 g/mol. The minimum Gasteiger partial charge on any atom is -0.368 e. The fourth-order valence-corrected chi connectivity index (χ4v) is 5.50. The molecule has 35 heavy (non-hydrogen) atoms. The smallest absolute Gasteiger partial charge is 0.240 e. The molecule has 3 amide bonds. The molecule has 2 atom stereocenters. The number of hydrogen-bond acceptors (Lipinski definition) is 5. The van der Waals surface area contributed by atoms with Gasteiger partial charge in [-0.2, -0.15) is 0 Å². The predicted octanol–water partition coefficient (Wildman–Crippen LogP) is 3.03. The minimum atomic E-state index is -1.28. The summed E-state index contributed by atoms with van der Waals surface area (Å²) in [4.78, 5) is 47.9. The van der Waals surface area contributed by atoms with Crippen LogP contribution in [-0.4, -0.2) is 85.3 Å². The lowest BCUT2D eigenvalue weighted by Crippen LogP contribution is -2.55. The van der Waals surface area contributed by atoms with Gasteiger partial charge in [0.15, 0.2) is 0 Å². The molecule has 0 unspecified atom stereocenters. The Morgan fingerprint density at radius 2 is 1.74 bits per heavy atom. The van der Waals surface area contributed by atoms with Crippen LogP contribution in [0.25, 0.3) is 0 Å². The summed E-state index contributed by atoms with van der Waals surface area (Å²) in [5.74, 6) is -0.714. The Morgan fingerprint density at radius 1 is 1.06 bits per heavy atom. The van der Waals surface area contributed by atoms with Crippen LogP contribution in [0.3, 0.4) is 0 Å². The number of piperazine rings is 1. The summed E-state index contributed by atoms with van der Waals surface area (Å²) in [5, 5.41) is 0.401. The van der Waals surface area contributed by atoms with Crippen LogP contribution in [0.4, 0.5) is 5.69 Å². The van der Waals surface area contributed by atoms with Gasteiger partial charge in [0.1, 0.15) is 0 Å². The lowest BCUT2D eigenvalue weighted by molar-refractivity contribution is -0.143. The van der Waals surface area contributed by atoms with Crippen molar-refractivity contribution in [2.24, 2.45) is 0 Å². The average Bonchev–Trinajstić information content (AvgIpc) is 3.07. The Labute approximate surface area is 212 Å². The molecule has 0 N–H and O–H groups in total. The molecule has 7 nitrogen and oxygen atoms in total. The first-order chi connectivity index (χ1) is 16.7. The van der Waals surface area contributed by atoms with E-state index < -0.39 is 5.41 Å². The van der Waals surface area contributed by atoms with E-state index in [4.69, 9.17) is 11.6 Å². The topological polar surface area (TPSA) is 64.2 Å². The fraction of sp³-hybridized carbons (Fsp3) is 0.444. The number of imide groups is 1. The molecule has 2 aromatic carbocycles. The summed E-state index contributed by atoms with van der Waals surface area (Å²) in [5.41, 5.74) is 0.401. The number of likely N-dealkylation sites (tertiary alicyclic amines) is 1. The molecular formula is C27H33ClN4O3. The van der Waals surface area contributed by atoms with E-state index in [1.807, 2.05) is 49.0 Å². The van der Waals surface area contributed by atoms with Crippen LogP contribution >= 0.6 is 11.6 Å². The van der Waals surface area contributed by atoms with E-state index in [-0.39, 0.29) is 43.1 Å². The first kappa shape index (κ1) is 25.2. The van der Waals surface area contributed by atoms with Gasteiger partial charge in [0.25, 0.3) is 0 Å². The molecule has 2 aliphatic rings. The van der Waals surface area contributed by atoms with Crippen molar-refractivity contribution >= 4 is 35.0 Å². The highest BCUT2D eigenvalue weighted by Crippen LogP contribution is 2.43. The van der Waals surface area contributed by atoms with E-state index in [0.29, 0.717) is 36.8 Å². The Morgan fingerprint density at radius 3 is 2.40 bits per heavy atom. The summed E-state index contributed by atoms with van der Waals surface area (Å²) < 4.78 is 0. The highest BCUT2D eigenvalue weighted by atomic mass is 35.5. The van der Waals surface area contributed by atoms with Crippen LogP contribution in [0.1, 0.15) is 25.3 Å². The second kappa shape index (κ2) is 10.4. The molecule has 2 fully saturated rings. The molecule has 2 aliphatic heterocycles. The van der Waals surface area contributed by atoms with Gasteiger partial charge >= 0.3 is 0 Å². The molecule has 2 heterocycles. The molecule has 0 aromatic heterocycles. The van der Waals surface area contributed by atoms with Gasteiger partial charge in [0.2, 0.25) is 17.7 Å². The van der Waals surface area contributed by atoms with E-state index in [9.17, 15) is 14.4 Å². The maximum atomic E-state index is 13.8. The third-order valence-electron chi connectivity index (χ3n) is 7.09. The van der Waals surface area contributed by atoms with Crippen molar-refractivity contribution in [3.8, 4) is 0 Å². The van der Waals surface area contributed by atoms with Crippen LogP contribution in [0, 0.1) is 0 Å². The zero-order valence-electron chi connectivity index (χ0n) is 20.6. The van der Waals surface area contributed by atoms with Gasteiger partial charge in [0.05, 0.1) is 5.41 Å². The van der Waals surface area contributed by atoms with Crippen molar-refractivity contribution in [1.82, 2.24) is 14.7 Å². The number of hydrogen-bond donors (Lipinski definition) is 0. The van der Waals surface area contributed by atoms with Gasteiger partial charge < -0.3 is 14.7 Å².